The van der Waals surface area contributed by atoms with Crippen molar-refractivity contribution in [3.05, 3.63) is 52.3 Å². The number of rotatable bonds is 4. The van der Waals surface area contributed by atoms with E-state index in [1.54, 1.807) is 12.3 Å². The van der Waals surface area contributed by atoms with Crippen LogP contribution in [0.1, 0.15) is 41.7 Å². The Bertz CT molecular complexity index is 694. The molecule has 0 spiro atoms. The number of nitrogens with zero attached hydrogens (tertiary/aromatic N) is 1. The van der Waals surface area contributed by atoms with E-state index in [1.807, 2.05) is 25.1 Å². The lowest BCUT2D eigenvalue weighted by molar-refractivity contribution is 0.0933. The van der Waals surface area contributed by atoms with Gasteiger partial charge < -0.3 is 10.6 Å². The Kier molecular flexibility index (Phi) is 4.96. The monoisotopic (exact) mass is 373 g/mol. The molecule has 1 aromatic heterocycles. The topological polar surface area (TPSA) is 54.0 Å². The number of nitrogens with one attached hydrogen (secondary N) is 2. The Morgan fingerprint density at radius 1 is 1.17 bits per heavy atom. The van der Waals surface area contributed by atoms with Crippen LogP contribution >= 0.6 is 15.9 Å². The van der Waals surface area contributed by atoms with Gasteiger partial charge >= 0.3 is 0 Å². The maximum absolute atomic E-state index is 12.2. The molecule has 1 heterocycles. The molecule has 1 aromatic carbocycles. The van der Waals surface area contributed by atoms with Crippen LogP contribution in [-0.4, -0.2) is 16.9 Å². The summed E-state index contributed by atoms with van der Waals surface area (Å²) >= 11 is 3.49. The maximum atomic E-state index is 12.2. The highest BCUT2D eigenvalue weighted by Gasteiger charge is 2.18. The molecule has 1 fully saturated rings. The number of halogens is 1. The summed E-state index contributed by atoms with van der Waals surface area (Å²) in [5.74, 6) is -0.0806. The lowest BCUT2D eigenvalue weighted by Gasteiger charge is -2.12. The molecule has 2 aromatic rings. The van der Waals surface area contributed by atoms with Crippen molar-refractivity contribution in [3.8, 4) is 0 Å². The minimum Gasteiger partial charge on any atom is -0.354 e. The van der Waals surface area contributed by atoms with Gasteiger partial charge in [0, 0.05) is 16.2 Å². The third-order valence-corrected chi connectivity index (χ3v) is 5.02. The molecule has 0 atom stereocenters. The van der Waals surface area contributed by atoms with Crippen molar-refractivity contribution >= 4 is 33.2 Å². The van der Waals surface area contributed by atoms with Crippen LogP contribution in [0.25, 0.3) is 0 Å². The molecule has 0 aliphatic heterocycles. The largest absolute Gasteiger partial charge is 0.354 e. The summed E-state index contributed by atoms with van der Waals surface area (Å²) < 4.78 is 1.08. The number of aryl methyl sites for hydroxylation is 1. The zero-order chi connectivity index (χ0) is 16.2. The van der Waals surface area contributed by atoms with Crippen molar-refractivity contribution in [1.82, 2.24) is 10.3 Å². The van der Waals surface area contributed by atoms with E-state index in [-0.39, 0.29) is 5.91 Å². The molecule has 1 aliphatic carbocycles. The molecule has 5 heteroatoms. The van der Waals surface area contributed by atoms with Gasteiger partial charge in [-0.3, -0.25) is 4.79 Å². The summed E-state index contributed by atoms with van der Waals surface area (Å²) in [4.78, 5) is 16.4. The SMILES string of the molecule is Cc1cc(Nc2ccc(C(=O)NC3CCCC3)nc2)ccc1Br. The predicted molar refractivity (Wildman–Crippen MR) is 96.1 cm³/mol. The summed E-state index contributed by atoms with van der Waals surface area (Å²) in [6.07, 6.45) is 6.26. The molecule has 2 N–H and O–H groups in total. The standard InChI is InChI=1S/C18H20BrN3O/c1-12-10-14(6-8-16(12)19)21-15-7-9-17(20-11-15)18(23)22-13-4-2-3-5-13/h6-11,13,21H,2-5H2,1H3,(H,22,23). The minimum atomic E-state index is -0.0806. The quantitative estimate of drug-likeness (QED) is 0.825. The maximum Gasteiger partial charge on any atom is 0.270 e. The molecular formula is C18H20BrN3O. The van der Waals surface area contributed by atoms with Crippen molar-refractivity contribution < 1.29 is 4.79 Å². The number of anilines is 2. The first-order valence-corrected chi connectivity index (χ1v) is 8.71. The molecule has 0 radical (unpaired) electrons. The van der Waals surface area contributed by atoms with Gasteiger partial charge in [-0.05, 0) is 55.7 Å². The van der Waals surface area contributed by atoms with E-state index < -0.39 is 0 Å². The van der Waals surface area contributed by atoms with E-state index in [9.17, 15) is 4.79 Å². The second-order valence-corrected chi connectivity index (χ2v) is 6.83. The zero-order valence-electron chi connectivity index (χ0n) is 13.1. The van der Waals surface area contributed by atoms with Crippen LogP contribution < -0.4 is 10.6 Å². The number of hydrogen-bond acceptors (Lipinski definition) is 3. The second kappa shape index (κ2) is 7.13. The third kappa shape index (κ3) is 4.10. The van der Waals surface area contributed by atoms with Crippen molar-refractivity contribution in [2.24, 2.45) is 0 Å². The number of benzene rings is 1. The molecule has 3 rings (SSSR count). The van der Waals surface area contributed by atoms with Crippen molar-refractivity contribution in [1.29, 1.82) is 0 Å². The Labute approximate surface area is 144 Å². The van der Waals surface area contributed by atoms with Gasteiger partial charge in [0.1, 0.15) is 5.69 Å². The average Bonchev–Trinajstić information content (AvgIpc) is 3.04. The Morgan fingerprint density at radius 2 is 1.91 bits per heavy atom. The second-order valence-electron chi connectivity index (χ2n) is 5.98. The molecule has 120 valence electrons. The van der Waals surface area contributed by atoms with Crippen LogP contribution in [0.4, 0.5) is 11.4 Å². The summed E-state index contributed by atoms with van der Waals surface area (Å²) in [6, 6.07) is 10.0. The summed E-state index contributed by atoms with van der Waals surface area (Å²) in [5, 5.41) is 6.35. The summed E-state index contributed by atoms with van der Waals surface area (Å²) in [6.45, 7) is 2.05. The lowest BCUT2D eigenvalue weighted by Crippen LogP contribution is -2.33. The molecule has 0 saturated heterocycles. The highest BCUT2D eigenvalue weighted by atomic mass is 79.9. The van der Waals surface area contributed by atoms with E-state index >= 15 is 0 Å². The molecule has 1 amide bonds. The molecule has 0 unspecified atom stereocenters. The first-order valence-electron chi connectivity index (χ1n) is 7.92. The first-order chi connectivity index (χ1) is 11.1. The number of pyridine rings is 1. The van der Waals surface area contributed by atoms with Crippen molar-refractivity contribution in [2.45, 2.75) is 38.6 Å². The van der Waals surface area contributed by atoms with Crippen molar-refractivity contribution in [2.75, 3.05) is 5.32 Å². The first kappa shape index (κ1) is 16.0. The van der Waals surface area contributed by atoms with Crippen LogP contribution in [0.5, 0.6) is 0 Å². The Morgan fingerprint density at radius 3 is 2.57 bits per heavy atom. The fourth-order valence-corrected chi connectivity index (χ4v) is 3.07. The van der Waals surface area contributed by atoms with Crippen LogP contribution in [0.3, 0.4) is 0 Å². The van der Waals surface area contributed by atoms with Crippen LogP contribution in [0.2, 0.25) is 0 Å². The summed E-state index contributed by atoms with van der Waals surface area (Å²) in [7, 11) is 0. The highest BCUT2D eigenvalue weighted by molar-refractivity contribution is 9.10. The zero-order valence-corrected chi connectivity index (χ0v) is 14.7. The van der Waals surface area contributed by atoms with E-state index in [2.05, 4.69) is 37.6 Å². The Balaban J connectivity index is 1.64. The van der Waals surface area contributed by atoms with E-state index in [0.29, 0.717) is 11.7 Å². The van der Waals surface area contributed by atoms with Gasteiger partial charge in [0.2, 0.25) is 0 Å². The van der Waals surface area contributed by atoms with Crippen molar-refractivity contribution in [3.63, 3.8) is 0 Å². The predicted octanol–water partition coefficient (Wildman–Crippen LogP) is 4.57. The molecule has 23 heavy (non-hydrogen) atoms. The molecule has 1 saturated carbocycles. The molecule has 1 aliphatic rings. The molecular weight excluding hydrogens is 354 g/mol. The fourth-order valence-electron chi connectivity index (χ4n) is 2.82. The van der Waals surface area contributed by atoms with Gasteiger partial charge in [-0.1, -0.05) is 28.8 Å². The third-order valence-electron chi connectivity index (χ3n) is 4.13. The smallest absolute Gasteiger partial charge is 0.270 e. The number of amides is 1. The van der Waals surface area contributed by atoms with E-state index in [1.165, 1.54) is 12.8 Å². The van der Waals surface area contributed by atoms with Crippen LogP contribution in [0.15, 0.2) is 41.0 Å². The van der Waals surface area contributed by atoms with E-state index in [0.717, 1.165) is 34.3 Å². The van der Waals surface area contributed by atoms with Gasteiger partial charge in [-0.25, -0.2) is 4.98 Å². The number of aromatic nitrogens is 1. The van der Waals surface area contributed by atoms with Gasteiger partial charge in [0.05, 0.1) is 11.9 Å². The van der Waals surface area contributed by atoms with E-state index in [4.69, 9.17) is 0 Å². The van der Waals surface area contributed by atoms with Gasteiger partial charge in [0.15, 0.2) is 0 Å². The Hall–Kier alpha value is -1.88. The minimum absolute atomic E-state index is 0.0806. The summed E-state index contributed by atoms with van der Waals surface area (Å²) in [5.41, 5.74) is 3.49. The molecule has 4 nitrogen and oxygen atoms in total. The van der Waals surface area contributed by atoms with Crippen LogP contribution in [0, 0.1) is 6.92 Å². The van der Waals surface area contributed by atoms with Gasteiger partial charge in [-0.2, -0.15) is 0 Å². The number of hydrogen-bond donors (Lipinski definition) is 2. The normalized spacial score (nSPS) is 14.7. The molecule has 0 bridgehead atoms. The fraction of sp³-hybridized carbons (Fsp3) is 0.333. The van der Waals surface area contributed by atoms with Gasteiger partial charge in [0.25, 0.3) is 5.91 Å². The number of carbonyl (C=O) groups excluding carboxylic acids is 1. The average molecular weight is 374 g/mol. The lowest BCUT2D eigenvalue weighted by atomic mass is 10.2. The van der Waals surface area contributed by atoms with Crippen LogP contribution in [-0.2, 0) is 0 Å². The highest BCUT2D eigenvalue weighted by Crippen LogP contribution is 2.23. The van der Waals surface area contributed by atoms with Gasteiger partial charge in [-0.15, -0.1) is 0 Å². The number of carbonyl (C=O) groups is 1.